The summed E-state index contributed by atoms with van der Waals surface area (Å²) in [5.41, 5.74) is 0.322. The second-order valence-electron chi connectivity index (χ2n) is 3.01. The number of halogens is 1. The first-order valence-corrected chi connectivity index (χ1v) is 5.02. The average molecular weight is 284 g/mol. The number of rotatable bonds is 2. The van der Waals surface area contributed by atoms with Crippen LogP contribution in [0.4, 0.5) is 5.69 Å². The highest BCUT2D eigenvalue weighted by molar-refractivity contribution is 9.10. The number of hydrogen-bond donors (Lipinski definition) is 1. The van der Waals surface area contributed by atoms with Crippen LogP contribution in [0.1, 0.15) is 0 Å². The van der Waals surface area contributed by atoms with E-state index in [1.54, 1.807) is 18.2 Å². The molecule has 1 aromatic carbocycles. The van der Waals surface area contributed by atoms with E-state index >= 15 is 0 Å². The molecule has 0 bridgehead atoms. The summed E-state index contributed by atoms with van der Waals surface area (Å²) in [6.07, 6.45) is 1.12. The van der Waals surface area contributed by atoms with Crippen LogP contribution in [-0.2, 0) is 0 Å². The number of nitrogens with zero attached hydrogens (tertiary/aromatic N) is 2. The summed E-state index contributed by atoms with van der Waals surface area (Å²) in [5.74, 6) is 5.07. The topological polar surface area (TPSA) is 91.3 Å². The van der Waals surface area contributed by atoms with Crippen LogP contribution in [0.15, 0.2) is 28.9 Å². The van der Waals surface area contributed by atoms with Gasteiger partial charge in [-0.3, -0.25) is 10.1 Å². The lowest BCUT2D eigenvalue weighted by atomic mass is 10.2. The predicted molar refractivity (Wildman–Crippen MR) is 60.9 cm³/mol. The fourth-order valence-corrected chi connectivity index (χ4v) is 1.74. The standard InChI is InChI=1S/C9H6BrN3O3/c10-5-1-2-7-6(3-5)9(16-11)8(4-12-7)13(14)15/h1-4H,11H2. The van der Waals surface area contributed by atoms with Crippen molar-refractivity contribution in [2.24, 2.45) is 5.90 Å². The first-order chi connectivity index (χ1) is 7.63. The zero-order valence-corrected chi connectivity index (χ0v) is 9.47. The van der Waals surface area contributed by atoms with E-state index in [4.69, 9.17) is 5.90 Å². The van der Waals surface area contributed by atoms with Crippen LogP contribution in [0.3, 0.4) is 0 Å². The first-order valence-electron chi connectivity index (χ1n) is 4.23. The number of pyridine rings is 1. The van der Waals surface area contributed by atoms with Crippen molar-refractivity contribution in [2.45, 2.75) is 0 Å². The maximum Gasteiger partial charge on any atom is 0.332 e. The fourth-order valence-electron chi connectivity index (χ4n) is 1.38. The van der Waals surface area contributed by atoms with Crippen molar-refractivity contribution >= 4 is 32.5 Å². The SMILES string of the molecule is NOc1c([N+](=O)[O-])cnc2ccc(Br)cc12. The number of aromatic nitrogens is 1. The molecular formula is C9H6BrN3O3. The van der Waals surface area contributed by atoms with Crippen LogP contribution in [0, 0.1) is 10.1 Å². The maximum atomic E-state index is 10.7. The fraction of sp³-hybridized carbons (Fsp3) is 0. The van der Waals surface area contributed by atoms with Crippen molar-refractivity contribution in [3.05, 3.63) is 39.0 Å². The van der Waals surface area contributed by atoms with E-state index in [1.165, 1.54) is 0 Å². The zero-order valence-electron chi connectivity index (χ0n) is 7.88. The van der Waals surface area contributed by atoms with E-state index in [-0.39, 0.29) is 11.4 Å². The Hall–Kier alpha value is -1.73. The molecule has 2 rings (SSSR count). The Labute approximate surface area is 98.3 Å². The van der Waals surface area contributed by atoms with Gasteiger partial charge in [-0.05, 0) is 18.2 Å². The van der Waals surface area contributed by atoms with Gasteiger partial charge in [-0.25, -0.2) is 4.98 Å². The molecule has 0 amide bonds. The summed E-state index contributed by atoms with van der Waals surface area (Å²) in [7, 11) is 0. The summed E-state index contributed by atoms with van der Waals surface area (Å²) in [6, 6.07) is 5.16. The lowest BCUT2D eigenvalue weighted by Gasteiger charge is -2.04. The van der Waals surface area contributed by atoms with Crippen molar-refractivity contribution in [3.63, 3.8) is 0 Å². The molecule has 0 saturated heterocycles. The molecule has 16 heavy (non-hydrogen) atoms. The normalized spacial score (nSPS) is 10.4. The predicted octanol–water partition coefficient (Wildman–Crippen LogP) is 2.16. The van der Waals surface area contributed by atoms with Gasteiger partial charge < -0.3 is 4.84 Å². The second-order valence-corrected chi connectivity index (χ2v) is 3.92. The smallest absolute Gasteiger partial charge is 0.332 e. The number of benzene rings is 1. The summed E-state index contributed by atoms with van der Waals surface area (Å²) < 4.78 is 0.764. The number of hydrogen-bond acceptors (Lipinski definition) is 5. The monoisotopic (exact) mass is 283 g/mol. The van der Waals surface area contributed by atoms with E-state index in [2.05, 4.69) is 25.8 Å². The van der Waals surface area contributed by atoms with Crippen LogP contribution in [0.2, 0.25) is 0 Å². The third-order valence-corrected chi connectivity index (χ3v) is 2.57. The van der Waals surface area contributed by atoms with Crippen LogP contribution < -0.4 is 10.7 Å². The van der Waals surface area contributed by atoms with Gasteiger partial charge in [0.05, 0.1) is 15.8 Å². The minimum Gasteiger partial charge on any atom is -0.403 e. The third-order valence-electron chi connectivity index (χ3n) is 2.08. The molecule has 0 aliphatic heterocycles. The molecule has 82 valence electrons. The minimum absolute atomic E-state index is 0.0105. The van der Waals surface area contributed by atoms with Gasteiger partial charge in [-0.2, -0.15) is 5.90 Å². The van der Waals surface area contributed by atoms with Crippen molar-refractivity contribution in [1.29, 1.82) is 0 Å². The molecular weight excluding hydrogens is 278 g/mol. The molecule has 2 aromatic rings. The number of nitrogens with two attached hydrogens (primary N) is 1. The van der Waals surface area contributed by atoms with Gasteiger partial charge in [0, 0.05) is 4.47 Å². The van der Waals surface area contributed by atoms with E-state index in [9.17, 15) is 10.1 Å². The Kier molecular flexibility index (Phi) is 2.71. The first kappa shape index (κ1) is 10.8. The zero-order chi connectivity index (χ0) is 11.7. The van der Waals surface area contributed by atoms with Gasteiger partial charge >= 0.3 is 5.69 Å². The molecule has 0 spiro atoms. The Balaban J connectivity index is 2.83. The molecule has 0 aliphatic carbocycles. The van der Waals surface area contributed by atoms with Crippen molar-refractivity contribution in [2.75, 3.05) is 0 Å². The van der Waals surface area contributed by atoms with Crippen LogP contribution >= 0.6 is 15.9 Å². The Bertz CT molecular complexity index is 573. The van der Waals surface area contributed by atoms with Gasteiger partial charge in [0.25, 0.3) is 0 Å². The van der Waals surface area contributed by atoms with E-state index < -0.39 is 4.92 Å². The van der Waals surface area contributed by atoms with Crippen molar-refractivity contribution in [1.82, 2.24) is 4.98 Å². The molecule has 1 aromatic heterocycles. The molecule has 0 fully saturated rings. The van der Waals surface area contributed by atoms with Gasteiger partial charge in [-0.1, -0.05) is 15.9 Å². The number of nitro groups is 1. The summed E-state index contributed by atoms with van der Waals surface area (Å²) in [6.45, 7) is 0. The largest absolute Gasteiger partial charge is 0.403 e. The highest BCUT2D eigenvalue weighted by atomic mass is 79.9. The molecule has 0 atom stereocenters. The number of fused-ring (bicyclic) bond motifs is 1. The lowest BCUT2D eigenvalue weighted by Crippen LogP contribution is -2.06. The molecule has 0 unspecified atom stereocenters. The molecule has 2 N–H and O–H groups in total. The lowest BCUT2D eigenvalue weighted by molar-refractivity contribution is -0.386. The highest BCUT2D eigenvalue weighted by Gasteiger charge is 2.19. The quantitative estimate of drug-likeness (QED) is 0.674. The Morgan fingerprint density at radius 3 is 2.88 bits per heavy atom. The van der Waals surface area contributed by atoms with Gasteiger partial charge in [0.15, 0.2) is 0 Å². The molecule has 0 saturated carbocycles. The molecule has 0 aliphatic rings. The second kappa shape index (κ2) is 4.03. The maximum absolute atomic E-state index is 10.7. The van der Waals surface area contributed by atoms with E-state index in [0.29, 0.717) is 10.9 Å². The molecule has 0 radical (unpaired) electrons. The summed E-state index contributed by atoms with van der Waals surface area (Å²) >= 11 is 3.26. The molecule has 7 heteroatoms. The van der Waals surface area contributed by atoms with E-state index in [1.807, 2.05) is 0 Å². The van der Waals surface area contributed by atoms with Gasteiger partial charge in [-0.15, -0.1) is 0 Å². The Morgan fingerprint density at radius 1 is 1.50 bits per heavy atom. The van der Waals surface area contributed by atoms with Crippen molar-refractivity contribution in [3.8, 4) is 5.75 Å². The van der Waals surface area contributed by atoms with Gasteiger partial charge in [0.2, 0.25) is 5.75 Å². The summed E-state index contributed by atoms with van der Waals surface area (Å²) in [4.78, 5) is 18.7. The third kappa shape index (κ3) is 1.70. The van der Waals surface area contributed by atoms with E-state index in [0.717, 1.165) is 10.7 Å². The highest BCUT2D eigenvalue weighted by Crippen LogP contribution is 2.34. The van der Waals surface area contributed by atoms with Crippen LogP contribution in [-0.4, -0.2) is 9.91 Å². The molecule has 6 nitrogen and oxygen atoms in total. The average Bonchev–Trinajstić information content (AvgIpc) is 2.27. The van der Waals surface area contributed by atoms with Gasteiger partial charge in [0.1, 0.15) is 6.20 Å². The minimum atomic E-state index is -0.588. The van der Waals surface area contributed by atoms with Crippen LogP contribution in [0.25, 0.3) is 10.9 Å². The summed E-state index contributed by atoms with van der Waals surface area (Å²) in [5, 5.41) is 11.2. The molecule has 1 heterocycles. The van der Waals surface area contributed by atoms with Crippen molar-refractivity contribution < 1.29 is 9.76 Å². The Morgan fingerprint density at radius 2 is 2.25 bits per heavy atom. The van der Waals surface area contributed by atoms with Crippen LogP contribution in [0.5, 0.6) is 5.75 Å².